The van der Waals surface area contributed by atoms with Crippen molar-refractivity contribution in [3.8, 4) is 5.69 Å². The minimum absolute atomic E-state index is 0.0414. The first-order valence-corrected chi connectivity index (χ1v) is 8.87. The van der Waals surface area contributed by atoms with E-state index in [-0.39, 0.29) is 16.5 Å². The average molecular weight is 338 g/mol. The Kier molecular flexibility index (Phi) is 4.22. The Balaban J connectivity index is 1.91. The fourth-order valence-electron chi connectivity index (χ4n) is 2.74. The SMILES string of the molecule is Cc1cnn(-c2ccc(S(=O)(=O)N3CCC(CN)C3)cc2F)c1. The molecule has 124 valence electrons. The normalized spacial score (nSPS) is 19.3. The van der Waals surface area contributed by atoms with E-state index in [1.54, 1.807) is 12.4 Å². The number of aryl methyl sites for hydroxylation is 1. The molecule has 1 saturated heterocycles. The van der Waals surface area contributed by atoms with Gasteiger partial charge in [0.05, 0.1) is 11.1 Å². The number of benzene rings is 1. The van der Waals surface area contributed by atoms with E-state index in [0.29, 0.717) is 19.6 Å². The van der Waals surface area contributed by atoms with Gasteiger partial charge in [0, 0.05) is 19.3 Å². The molecular weight excluding hydrogens is 319 g/mol. The third-order valence-corrected chi connectivity index (χ3v) is 5.96. The van der Waals surface area contributed by atoms with Crippen LogP contribution >= 0.6 is 0 Å². The van der Waals surface area contributed by atoms with E-state index in [4.69, 9.17) is 5.73 Å². The van der Waals surface area contributed by atoms with Crippen LogP contribution in [0.3, 0.4) is 0 Å². The van der Waals surface area contributed by atoms with E-state index in [1.807, 2.05) is 6.92 Å². The molecule has 0 aliphatic carbocycles. The Hall–Kier alpha value is -1.77. The highest BCUT2D eigenvalue weighted by atomic mass is 32.2. The zero-order valence-electron chi connectivity index (χ0n) is 12.8. The Morgan fingerprint density at radius 2 is 2.22 bits per heavy atom. The lowest BCUT2D eigenvalue weighted by Gasteiger charge is -2.17. The summed E-state index contributed by atoms with van der Waals surface area (Å²) in [6.07, 6.45) is 4.03. The van der Waals surface area contributed by atoms with Crippen molar-refractivity contribution >= 4 is 10.0 Å². The maximum atomic E-state index is 14.3. The number of halogens is 1. The Labute approximate surface area is 134 Å². The molecule has 1 aliphatic heterocycles. The van der Waals surface area contributed by atoms with Crippen molar-refractivity contribution in [2.75, 3.05) is 19.6 Å². The number of sulfonamides is 1. The summed E-state index contributed by atoms with van der Waals surface area (Å²) in [5.74, 6) is -0.454. The number of hydrogen-bond donors (Lipinski definition) is 1. The van der Waals surface area contributed by atoms with Crippen molar-refractivity contribution in [2.45, 2.75) is 18.2 Å². The van der Waals surface area contributed by atoms with Gasteiger partial charge >= 0.3 is 0 Å². The zero-order valence-corrected chi connectivity index (χ0v) is 13.6. The molecule has 1 aromatic heterocycles. The van der Waals surface area contributed by atoms with Crippen molar-refractivity contribution in [1.29, 1.82) is 0 Å². The number of nitrogens with two attached hydrogens (primary N) is 1. The number of rotatable bonds is 4. The second kappa shape index (κ2) is 6.03. The summed E-state index contributed by atoms with van der Waals surface area (Å²) in [7, 11) is -3.69. The molecule has 3 rings (SSSR count). The summed E-state index contributed by atoms with van der Waals surface area (Å²) in [6, 6.07) is 3.91. The van der Waals surface area contributed by atoms with Crippen LogP contribution in [0.25, 0.3) is 5.69 Å². The van der Waals surface area contributed by atoms with Gasteiger partial charge in [-0.2, -0.15) is 9.40 Å². The molecule has 1 aromatic carbocycles. The standard InChI is InChI=1S/C15H19FN4O2S/c1-11-8-18-20(9-11)15-3-2-13(6-14(15)16)23(21,22)19-5-4-12(7-17)10-19/h2-3,6,8-9,12H,4-5,7,10,17H2,1H3. The van der Waals surface area contributed by atoms with Crippen LogP contribution in [-0.2, 0) is 10.0 Å². The van der Waals surface area contributed by atoms with Crippen molar-refractivity contribution in [3.05, 3.63) is 42.0 Å². The van der Waals surface area contributed by atoms with Gasteiger partial charge in [-0.15, -0.1) is 0 Å². The zero-order chi connectivity index (χ0) is 16.6. The first kappa shape index (κ1) is 16.1. The summed E-state index contributed by atoms with van der Waals surface area (Å²) < 4.78 is 42.3. The largest absolute Gasteiger partial charge is 0.330 e. The summed E-state index contributed by atoms with van der Waals surface area (Å²) >= 11 is 0. The van der Waals surface area contributed by atoms with Gasteiger partial charge in [-0.25, -0.2) is 17.5 Å². The number of hydrogen-bond acceptors (Lipinski definition) is 4. The summed E-state index contributed by atoms with van der Waals surface area (Å²) in [6.45, 7) is 3.12. The van der Waals surface area contributed by atoms with Crippen LogP contribution in [-0.4, -0.2) is 42.1 Å². The highest BCUT2D eigenvalue weighted by Gasteiger charge is 2.32. The minimum atomic E-state index is -3.69. The van der Waals surface area contributed by atoms with E-state index in [9.17, 15) is 12.8 Å². The molecule has 6 nitrogen and oxygen atoms in total. The summed E-state index contributed by atoms with van der Waals surface area (Å²) in [5.41, 5.74) is 6.71. The van der Waals surface area contributed by atoms with Crippen molar-refractivity contribution in [2.24, 2.45) is 11.7 Å². The Morgan fingerprint density at radius 1 is 1.43 bits per heavy atom. The predicted octanol–water partition coefficient (Wildman–Crippen LogP) is 1.29. The maximum Gasteiger partial charge on any atom is 0.243 e. The Morgan fingerprint density at radius 3 is 2.78 bits per heavy atom. The minimum Gasteiger partial charge on any atom is -0.330 e. The molecule has 8 heteroatoms. The molecule has 23 heavy (non-hydrogen) atoms. The quantitative estimate of drug-likeness (QED) is 0.911. The monoisotopic (exact) mass is 338 g/mol. The van der Waals surface area contributed by atoms with E-state index in [0.717, 1.165) is 18.1 Å². The lowest BCUT2D eigenvalue weighted by Crippen LogP contribution is -2.30. The molecule has 0 spiro atoms. The Bertz CT molecular complexity index is 819. The third kappa shape index (κ3) is 3.01. The molecule has 1 unspecified atom stereocenters. The van der Waals surface area contributed by atoms with Crippen LogP contribution in [0.5, 0.6) is 0 Å². The van der Waals surface area contributed by atoms with Crippen LogP contribution in [0.15, 0.2) is 35.5 Å². The highest BCUT2D eigenvalue weighted by molar-refractivity contribution is 7.89. The van der Waals surface area contributed by atoms with Gasteiger partial charge in [0.15, 0.2) is 0 Å². The van der Waals surface area contributed by atoms with Crippen molar-refractivity contribution < 1.29 is 12.8 Å². The highest BCUT2D eigenvalue weighted by Crippen LogP contribution is 2.25. The van der Waals surface area contributed by atoms with Gasteiger partial charge in [0.25, 0.3) is 0 Å². The van der Waals surface area contributed by atoms with Crippen molar-refractivity contribution in [3.63, 3.8) is 0 Å². The average Bonchev–Trinajstić information content (AvgIpc) is 3.16. The van der Waals surface area contributed by atoms with Gasteiger partial charge in [0.1, 0.15) is 11.5 Å². The van der Waals surface area contributed by atoms with E-state index < -0.39 is 15.8 Å². The molecule has 0 bridgehead atoms. The molecule has 2 N–H and O–H groups in total. The molecule has 2 heterocycles. The number of aromatic nitrogens is 2. The molecule has 2 aromatic rings. The topological polar surface area (TPSA) is 81.2 Å². The second-order valence-electron chi connectivity index (χ2n) is 5.83. The maximum absolute atomic E-state index is 14.3. The fraction of sp³-hybridized carbons (Fsp3) is 0.400. The summed E-state index contributed by atoms with van der Waals surface area (Å²) in [4.78, 5) is -0.0414. The fourth-order valence-corrected chi connectivity index (χ4v) is 4.28. The van der Waals surface area contributed by atoms with Crippen LogP contribution in [0, 0.1) is 18.7 Å². The molecule has 1 aliphatic rings. The smallest absolute Gasteiger partial charge is 0.243 e. The second-order valence-corrected chi connectivity index (χ2v) is 7.77. The van der Waals surface area contributed by atoms with Crippen LogP contribution in [0.2, 0.25) is 0 Å². The van der Waals surface area contributed by atoms with Crippen molar-refractivity contribution in [1.82, 2.24) is 14.1 Å². The number of nitrogens with zero attached hydrogens (tertiary/aromatic N) is 3. The first-order chi connectivity index (χ1) is 10.9. The molecule has 1 fully saturated rings. The molecule has 0 saturated carbocycles. The van der Waals surface area contributed by atoms with Gasteiger partial charge in [-0.1, -0.05) is 0 Å². The van der Waals surface area contributed by atoms with Gasteiger partial charge < -0.3 is 5.73 Å². The van der Waals surface area contributed by atoms with Gasteiger partial charge in [-0.3, -0.25) is 0 Å². The van der Waals surface area contributed by atoms with E-state index >= 15 is 0 Å². The van der Waals surface area contributed by atoms with Crippen LogP contribution in [0.1, 0.15) is 12.0 Å². The molecule has 0 radical (unpaired) electrons. The predicted molar refractivity (Wildman–Crippen MR) is 84.2 cm³/mol. The lowest BCUT2D eigenvalue weighted by molar-refractivity contribution is 0.458. The lowest BCUT2D eigenvalue weighted by atomic mass is 10.1. The summed E-state index contributed by atoms with van der Waals surface area (Å²) in [5, 5.41) is 4.04. The molecular formula is C15H19FN4O2S. The third-order valence-electron chi connectivity index (χ3n) is 4.10. The van der Waals surface area contributed by atoms with Gasteiger partial charge in [-0.05, 0) is 49.6 Å². The molecule has 1 atom stereocenters. The van der Waals surface area contributed by atoms with Crippen LogP contribution < -0.4 is 5.73 Å². The van der Waals surface area contributed by atoms with Crippen LogP contribution in [0.4, 0.5) is 4.39 Å². The van der Waals surface area contributed by atoms with E-state index in [1.165, 1.54) is 21.1 Å². The first-order valence-electron chi connectivity index (χ1n) is 7.43. The van der Waals surface area contributed by atoms with E-state index in [2.05, 4.69) is 5.10 Å². The molecule has 0 amide bonds. The van der Waals surface area contributed by atoms with Gasteiger partial charge in [0.2, 0.25) is 10.0 Å².